The van der Waals surface area contributed by atoms with E-state index < -0.39 is 11.6 Å². The Balaban J connectivity index is 1.73. The third-order valence-electron chi connectivity index (χ3n) is 4.39. The molecule has 4 aromatic rings. The van der Waals surface area contributed by atoms with Crippen molar-refractivity contribution in [3.05, 3.63) is 95.6 Å². The highest BCUT2D eigenvalue weighted by atomic mass is 32.2. The number of hydrogen-bond acceptors (Lipinski definition) is 3. The Morgan fingerprint density at radius 2 is 1.61 bits per heavy atom. The smallest absolute Gasteiger partial charge is 0.196 e. The van der Waals surface area contributed by atoms with Gasteiger partial charge in [-0.2, -0.15) is 0 Å². The van der Waals surface area contributed by atoms with Crippen LogP contribution in [-0.4, -0.2) is 14.8 Å². The molecule has 0 N–H and O–H groups in total. The third-order valence-corrected chi connectivity index (χ3v) is 5.39. The van der Waals surface area contributed by atoms with Crippen molar-refractivity contribution in [2.24, 2.45) is 0 Å². The number of benzene rings is 3. The zero-order valence-electron chi connectivity index (χ0n) is 15.1. The Labute approximate surface area is 166 Å². The Bertz CT molecular complexity index is 1110. The summed E-state index contributed by atoms with van der Waals surface area (Å²) in [6.07, 6.45) is 0. The Morgan fingerprint density at radius 3 is 2.36 bits per heavy atom. The number of nitrogens with zero attached hydrogens (tertiary/aromatic N) is 3. The van der Waals surface area contributed by atoms with Crippen LogP contribution >= 0.6 is 11.8 Å². The van der Waals surface area contributed by atoms with Gasteiger partial charge < -0.3 is 0 Å². The molecule has 0 bridgehead atoms. The molecule has 0 aliphatic carbocycles. The van der Waals surface area contributed by atoms with Crippen molar-refractivity contribution in [2.45, 2.75) is 17.8 Å². The van der Waals surface area contributed by atoms with Crippen molar-refractivity contribution in [2.75, 3.05) is 0 Å². The largest absolute Gasteiger partial charge is 0.270 e. The molecular weight excluding hydrogens is 376 g/mol. The van der Waals surface area contributed by atoms with Crippen LogP contribution in [0.2, 0.25) is 0 Å². The first kappa shape index (κ1) is 18.4. The molecule has 0 aliphatic heterocycles. The van der Waals surface area contributed by atoms with E-state index >= 15 is 0 Å². The Kier molecular flexibility index (Phi) is 5.21. The van der Waals surface area contributed by atoms with Crippen molar-refractivity contribution in [1.82, 2.24) is 14.8 Å². The van der Waals surface area contributed by atoms with Crippen molar-refractivity contribution >= 4 is 11.8 Å². The first-order valence-corrected chi connectivity index (χ1v) is 9.75. The fourth-order valence-corrected chi connectivity index (χ4v) is 3.84. The Hall–Kier alpha value is -2.99. The van der Waals surface area contributed by atoms with Gasteiger partial charge in [-0.3, -0.25) is 4.57 Å². The van der Waals surface area contributed by atoms with Crippen molar-refractivity contribution < 1.29 is 8.78 Å². The van der Waals surface area contributed by atoms with Crippen molar-refractivity contribution in [1.29, 1.82) is 0 Å². The van der Waals surface area contributed by atoms with E-state index in [1.807, 2.05) is 66.1 Å². The lowest BCUT2D eigenvalue weighted by atomic mass is 10.1. The Morgan fingerprint density at radius 1 is 0.857 bits per heavy atom. The van der Waals surface area contributed by atoms with Gasteiger partial charge in [0.05, 0.1) is 0 Å². The molecule has 28 heavy (non-hydrogen) atoms. The first-order valence-electron chi connectivity index (χ1n) is 8.77. The molecular formula is C22H17F2N3S. The van der Waals surface area contributed by atoms with Gasteiger partial charge >= 0.3 is 0 Å². The lowest BCUT2D eigenvalue weighted by molar-refractivity contribution is 0.507. The zero-order valence-corrected chi connectivity index (χ0v) is 16.0. The SMILES string of the molecule is Cc1ccccc1-c1nnc(SCc2ccc(F)c(F)c2)n1-c1ccccc1. The standard InChI is InChI=1S/C22H17F2N3S/c1-15-7-5-6-10-18(15)21-25-26-22(27(21)17-8-3-2-4-9-17)28-14-16-11-12-19(23)20(24)13-16/h2-13H,14H2,1H3. The number of hydrogen-bond donors (Lipinski definition) is 0. The van der Waals surface area contributed by atoms with Crippen LogP contribution < -0.4 is 0 Å². The quantitative estimate of drug-likeness (QED) is 0.401. The maximum atomic E-state index is 13.5. The lowest BCUT2D eigenvalue weighted by Gasteiger charge is -2.11. The molecule has 0 fully saturated rings. The maximum absolute atomic E-state index is 13.5. The van der Waals surface area contributed by atoms with Crippen LogP contribution in [0.3, 0.4) is 0 Å². The second-order valence-corrected chi connectivity index (χ2v) is 7.27. The minimum absolute atomic E-state index is 0.454. The molecule has 3 aromatic carbocycles. The third kappa shape index (κ3) is 3.68. The number of halogens is 2. The minimum Gasteiger partial charge on any atom is -0.270 e. The lowest BCUT2D eigenvalue weighted by Crippen LogP contribution is -2.00. The number of aromatic nitrogens is 3. The number of thioether (sulfide) groups is 1. The molecule has 0 unspecified atom stereocenters. The topological polar surface area (TPSA) is 30.7 Å². The van der Waals surface area contributed by atoms with Gasteiger partial charge in [0, 0.05) is 17.0 Å². The molecule has 0 saturated carbocycles. The average Bonchev–Trinajstić information content (AvgIpc) is 3.13. The molecule has 6 heteroatoms. The van der Waals surface area contributed by atoms with Gasteiger partial charge in [0.15, 0.2) is 22.6 Å². The molecule has 4 rings (SSSR count). The summed E-state index contributed by atoms with van der Waals surface area (Å²) in [5, 5.41) is 9.49. The predicted molar refractivity (Wildman–Crippen MR) is 107 cm³/mol. The predicted octanol–water partition coefficient (Wildman–Crippen LogP) is 5.81. The molecule has 0 radical (unpaired) electrons. The summed E-state index contributed by atoms with van der Waals surface area (Å²) in [7, 11) is 0. The summed E-state index contributed by atoms with van der Waals surface area (Å²) in [4.78, 5) is 0. The second kappa shape index (κ2) is 7.94. The fourth-order valence-electron chi connectivity index (χ4n) is 2.95. The molecule has 3 nitrogen and oxygen atoms in total. The summed E-state index contributed by atoms with van der Waals surface area (Å²) in [5.74, 6) is -0.487. The van der Waals surface area contributed by atoms with Gasteiger partial charge in [-0.15, -0.1) is 10.2 Å². The van der Waals surface area contributed by atoms with Crippen LogP contribution in [0, 0.1) is 18.6 Å². The molecule has 1 heterocycles. The maximum Gasteiger partial charge on any atom is 0.196 e. The van der Waals surface area contributed by atoms with Crippen LogP contribution in [0.4, 0.5) is 8.78 Å². The van der Waals surface area contributed by atoms with Crippen molar-refractivity contribution in [3.8, 4) is 17.1 Å². The van der Waals surface area contributed by atoms with E-state index in [0.29, 0.717) is 16.5 Å². The van der Waals surface area contributed by atoms with Crippen LogP contribution in [-0.2, 0) is 5.75 Å². The zero-order chi connectivity index (χ0) is 19.5. The van der Waals surface area contributed by atoms with Crippen LogP contribution in [0.5, 0.6) is 0 Å². The van der Waals surface area contributed by atoms with Crippen LogP contribution in [0.1, 0.15) is 11.1 Å². The van der Waals surface area contributed by atoms with Gasteiger partial charge in [-0.25, -0.2) is 8.78 Å². The van der Waals surface area contributed by atoms with Crippen molar-refractivity contribution in [3.63, 3.8) is 0 Å². The summed E-state index contributed by atoms with van der Waals surface area (Å²) in [5.41, 5.74) is 3.73. The average molecular weight is 393 g/mol. The molecule has 0 amide bonds. The molecule has 0 atom stereocenters. The molecule has 0 saturated heterocycles. The van der Waals surface area contributed by atoms with Gasteiger partial charge in [-0.05, 0) is 42.3 Å². The highest BCUT2D eigenvalue weighted by molar-refractivity contribution is 7.98. The molecule has 0 spiro atoms. The monoisotopic (exact) mass is 393 g/mol. The van der Waals surface area contributed by atoms with Gasteiger partial charge in [0.2, 0.25) is 0 Å². The summed E-state index contributed by atoms with van der Waals surface area (Å²) < 4.78 is 28.7. The minimum atomic E-state index is -0.844. The molecule has 0 aliphatic rings. The van der Waals surface area contributed by atoms with E-state index in [2.05, 4.69) is 10.2 Å². The normalized spacial score (nSPS) is 11.0. The van der Waals surface area contributed by atoms with Gasteiger partial charge in [-0.1, -0.05) is 60.3 Å². The number of aryl methyl sites for hydroxylation is 1. The van der Waals surface area contributed by atoms with E-state index in [1.165, 1.54) is 17.8 Å². The van der Waals surface area contributed by atoms with Crippen LogP contribution in [0.15, 0.2) is 78.0 Å². The fraction of sp³-hybridized carbons (Fsp3) is 0.0909. The summed E-state index contributed by atoms with van der Waals surface area (Å²) in [6, 6.07) is 21.8. The molecule has 140 valence electrons. The van der Waals surface area contributed by atoms with E-state index in [-0.39, 0.29) is 0 Å². The highest BCUT2D eigenvalue weighted by Crippen LogP contribution is 2.31. The summed E-state index contributed by atoms with van der Waals surface area (Å²) >= 11 is 1.43. The van der Waals surface area contributed by atoms with E-state index in [1.54, 1.807) is 6.07 Å². The van der Waals surface area contributed by atoms with E-state index in [9.17, 15) is 8.78 Å². The number of para-hydroxylation sites is 1. The number of rotatable bonds is 5. The van der Waals surface area contributed by atoms with E-state index in [4.69, 9.17) is 0 Å². The van der Waals surface area contributed by atoms with Gasteiger partial charge in [0.1, 0.15) is 0 Å². The first-order chi connectivity index (χ1) is 13.6. The molecule has 1 aromatic heterocycles. The highest BCUT2D eigenvalue weighted by Gasteiger charge is 2.17. The van der Waals surface area contributed by atoms with Gasteiger partial charge in [0.25, 0.3) is 0 Å². The van der Waals surface area contributed by atoms with E-state index in [0.717, 1.165) is 28.7 Å². The summed E-state index contributed by atoms with van der Waals surface area (Å²) in [6.45, 7) is 2.04. The second-order valence-electron chi connectivity index (χ2n) is 6.33. The van der Waals surface area contributed by atoms with Crippen LogP contribution in [0.25, 0.3) is 17.1 Å².